The lowest BCUT2D eigenvalue weighted by Crippen LogP contribution is -2.17. The molecule has 0 aliphatic rings. The Hall–Kier alpha value is -0.483. The molecule has 0 aliphatic heterocycles. The van der Waals surface area contributed by atoms with Crippen molar-refractivity contribution in [3.8, 4) is 11.8 Å². The molecule has 0 nitrogen and oxygen atoms in total. The molecule has 0 aliphatic carbocycles. The minimum atomic E-state index is -0.879. The highest BCUT2D eigenvalue weighted by Crippen LogP contribution is 2.13. The molecule has 0 saturated heterocycles. The number of unbranched alkanes of at least 4 members (excludes halogenated alkanes) is 1. The van der Waals surface area contributed by atoms with Crippen molar-refractivity contribution in [1.82, 2.24) is 0 Å². The summed E-state index contributed by atoms with van der Waals surface area (Å²) in [5, 5.41) is 0. The van der Waals surface area contributed by atoms with Gasteiger partial charge in [0.05, 0.1) is 0 Å². The Morgan fingerprint density at radius 3 is 2.43 bits per heavy atom. The van der Waals surface area contributed by atoms with Crippen molar-refractivity contribution in [2.75, 3.05) is 0 Å². The van der Waals surface area contributed by atoms with Crippen LogP contribution in [0, 0.1) is 11.8 Å². The average molecular weight is 208 g/mol. The maximum absolute atomic E-state index is 3.11. The first-order valence-electron chi connectivity index (χ1n) is 5.51. The van der Waals surface area contributed by atoms with Crippen LogP contribution in [0.3, 0.4) is 0 Å². The van der Waals surface area contributed by atoms with Gasteiger partial charge in [-0.15, -0.1) is 11.8 Å². The third-order valence-corrected chi connectivity index (χ3v) is 3.54. The van der Waals surface area contributed by atoms with Gasteiger partial charge in [-0.1, -0.05) is 31.3 Å². The zero-order valence-corrected chi connectivity index (χ0v) is 11.4. The third kappa shape index (κ3) is 9.60. The fraction of sp³-hybridized carbons (Fsp3) is 0.692. The van der Waals surface area contributed by atoms with E-state index in [1.807, 2.05) is 6.92 Å². The van der Waals surface area contributed by atoms with Crippen LogP contribution in [0.25, 0.3) is 0 Å². The van der Waals surface area contributed by atoms with E-state index in [0.717, 1.165) is 6.42 Å². The lowest BCUT2D eigenvalue weighted by Gasteiger charge is -2.12. The largest absolute Gasteiger partial charge is 0.107 e. The van der Waals surface area contributed by atoms with Gasteiger partial charge in [-0.3, -0.25) is 0 Å². The van der Waals surface area contributed by atoms with E-state index in [0.29, 0.717) is 0 Å². The highest BCUT2D eigenvalue weighted by atomic mass is 28.3. The van der Waals surface area contributed by atoms with Crippen LogP contribution in [0.15, 0.2) is 11.6 Å². The van der Waals surface area contributed by atoms with Gasteiger partial charge >= 0.3 is 0 Å². The monoisotopic (exact) mass is 208 g/mol. The lowest BCUT2D eigenvalue weighted by molar-refractivity contribution is 0.844. The smallest absolute Gasteiger partial charge is 0.0480 e. The minimum absolute atomic E-state index is 0.879. The maximum Gasteiger partial charge on any atom is 0.0480 e. The van der Waals surface area contributed by atoms with E-state index in [4.69, 9.17) is 0 Å². The fourth-order valence-electron chi connectivity index (χ4n) is 1.16. The molecule has 1 heteroatoms. The summed E-state index contributed by atoms with van der Waals surface area (Å²) >= 11 is 0. The van der Waals surface area contributed by atoms with Crippen LogP contribution in [0.1, 0.15) is 33.1 Å². The van der Waals surface area contributed by atoms with Crippen LogP contribution in [0.4, 0.5) is 0 Å². The number of hydrogen-bond donors (Lipinski definition) is 0. The third-order valence-electron chi connectivity index (χ3n) is 2.11. The van der Waals surface area contributed by atoms with Crippen molar-refractivity contribution in [3.05, 3.63) is 11.6 Å². The summed E-state index contributed by atoms with van der Waals surface area (Å²) in [6.45, 7) is 11.4. The van der Waals surface area contributed by atoms with Crippen LogP contribution >= 0.6 is 0 Å². The molecule has 0 bridgehead atoms. The summed E-state index contributed by atoms with van der Waals surface area (Å²) in [6.07, 6.45) is 5.92. The summed E-state index contributed by atoms with van der Waals surface area (Å²) in [4.78, 5) is 0. The molecule has 0 aromatic rings. The number of allylic oxidation sites excluding steroid dienone is 2. The predicted molar refractivity (Wildman–Crippen MR) is 69.2 cm³/mol. The van der Waals surface area contributed by atoms with Gasteiger partial charge in [-0.05, 0) is 32.7 Å². The van der Waals surface area contributed by atoms with Crippen molar-refractivity contribution in [1.29, 1.82) is 0 Å². The molecule has 0 saturated carbocycles. The maximum atomic E-state index is 3.11. The van der Waals surface area contributed by atoms with Crippen LogP contribution in [-0.4, -0.2) is 8.07 Å². The van der Waals surface area contributed by atoms with Crippen molar-refractivity contribution < 1.29 is 0 Å². The van der Waals surface area contributed by atoms with Crippen molar-refractivity contribution in [3.63, 3.8) is 0 Å². The first kappa shape index (κ1) is 13.5. The molecule has 0 atom stereocenters. The Morgan fingerprint density at radius 1 is 1.29 bits per heavy atom. The Morgan fingerprint density at radius 2 is 1.93 bits per heavy atom. The molecule has 0 amide bonds. The average Bonchev–Trinajstić information content (AvgIpc) is 2.08. The van der Waals surface area contributed by atoms with E-state index in [2.05, 4.69) is 44.5 Å². The zero-order valence-electron chi connectivity index (χ0n) is 10.4. The molecule has 0 radical (unpaired) electrons. The summed E-state index contributed by atoms with van der Waals surface area (Å²) in [7, 11) is -0.879. The molecular formula is C13H24Si. The SMILES string of the molecule is CC#CCCC/C(C)=C/C[Si](C)(C)C. The molecule has 0 unspecified atom stereocenters. The summed E-state index contributed by atoms with van der Waals surface area (Å²) in [5.74, 6) is 6.04. The van der Waals surface area contributed by atoms with Crippen molar-refractivity contribution >= 4 is 8.07 Å². The van der Waals surface area contributed by atoms with Gasteiger partial charge < -0.3 is 0 Å². The van der Waals surface area contributed by atoms with Gasteiger partial charge in [0, 0.05) is 14.5 Å². The van der Waals surface area contributed by atoms with Gasteiger partial charge in [-0.25, -0.2) is 0 Å². The lowest BCUT2D eigenvalue weighted by atomic mass is 10.1. The van der Waals surface area contributed by atoms with Crippen LogP contribution in [0.2, 0.25) is 25.7 Å². The highest BCUT2D eigenvalue weighted by molar-refractivity contribution is 6.76. The Balaban J connectivity index is 3.71. The zero-order chi connectivity index (χ0) is 11.0. The molecular weight excluding hydrogens is 184 g/mol. The van der Waals surface area contributed by atoms with Crippen LogP contribution < -0.4 is 0 Å². The summed E-state index contributed by atoms with van der Waals surface area (Å²) in [5.41, 5.74) is 1.55. The molecule has 80 valence electrons. The van der Waals surface area contributed by atoms with E-state index in [9.17, 15) is 0 Å². The first-order valence-corrected chi connectivity index (χ1v) is 9.21. The van der Waals surface area contributed by atoms with Crippen LogP contribution in [-0.2, 0) is 0 Å². The molecule has 0 fully saturated rings. The topological polar surface area (TPSA) is 0 Å². The Kier molecular flexibility index (Phi) is 6.66. The second kappa shape index (κ2) is 6.90. The van der Waals surface area contributed by atoms with Gasteiger partial charge in [0.1, 0.15) is 0 Å². The Bertz CT molecular complexity index is 232. The van der Waals surface area contributed by atoms with Crippen molar-refractivity contribution in [2.45, 2.75) is 58.8 Å². The van der Waals surface area contributed by atoms with E-state index >= 15 is 0 Å². The molecule has 0 aromatic carbocycles. The van der Waals surface area contributed by atoms with E-state index in [1.54, 1.807) is 5.57 Å². The molecule has 0 N–H and O–H groups in total. The first-order chi connectivity index (χ1) is 6.45. The van der Waals surface area contributed by atoms with Crippen molar-refractivity contribution in [2.24, 2.45) is 0 Å². The number of rotatable bonds is 5. The standard InChI is InChI=1S/C13H24Si/c1-6-7-8-9-10-13(2)11-12-14(3,4)5/h11H,8-10,12H2,1-5H3/b13-11+. The predicted octanol–water partition coefficient (Wildman–Crippen LogP) is 4.46. The Labute approximate surface area is 90.8 Å². The molecule has 14 heavy (non-hydrogen) atoms. The summed E-state index contributed by atoms with van der Waals surface area (Å²) < 4.78 is 0. The molecule has 0 spiro atoms. The highest BCUT2D eigenvalue weighted by Gasteiger charge is 2.09. The second-order valence-corrected chi connectivity index (χ2v) is 10.6. The number of hydrogen-bond acceptors (Lipinski definition) is 0. The second-order valence-electron chi connectivity index (χ2n) is 5.10. The normalized spacial score (nSPS) is 12.2. The van der Waals surface area contributed by atoms with Gasteiger partial charge in [0.2, 0.25) is 0 Å². The van der Waals surface area contributed by atoms with E-state index < -0.39 is 8.07 Å². The van der Waals surface area contributed by atoms with Gasteiger partial charge in [-0.2, -0.15) is 0 Å². The van der Waals surface area contributed by atoms with E-state index in [-0.39, 0.29) is 0 Å². The van der Waals surface area contributed by atoms with E-state index in [1.165, 1.54) is 18.9 Å². The van der Waals surface area contributed by atoms with Gasteiger partial charge in [0.25, 0.3) is 0 Å². The quantitative estimate of drug-likeness (QED) is 0.271. The minimum Gasteiger partial charge on any atom is -0.107 e. The van der Waals surface area contributed by atoms with Gasteiger partial charge in [0.15, 0.2) is 0 Å². The van der Waals surface area contributed by atoms with Crippen LogP contribution in [0.5, 0.6) is 0 Å². The molecule has 0 rings (SSSR count). The molecule has 0 heterocycles. The fourth-order valence-corrected chi connectivity index (χ4v) is 2.12. The summed E-state index contributed by atoms with van der Waals surface area (Å²) in [6, 6.07) is 1.32. The molecule has 0 aromatic heterocycles.